The van der Waals surface area contributed by atoms with Crippen LogP contribution < -0.4 is 10.1 Å². The first-order valence-electron chi connectivity index (χ1n) is 10.8. The minimum absolute atomic E-state index is 0.174. The van der Waals surface area contributed by atoms with Crippen molar-refractivity contribution in [2.24, 2.45) is 0 Å². The molecule has 1 aromatic heterocycles. The summed E-state index contributed by atoms with van der Waals surface area (Å²) in [4.78, 5) is 17.3. The SMILES string of the molecule is CCCCCCN(C)S(=O)(=O)c1ccc(C(=O)Nc2nc(-c3ccc(OC)cc3)cs2)cc1. The summed E-state index contributed by atoms with van der Waals surface area (Å²) < 4.78 is 32.0. The van der Waals surface area contributed by atoms with Gasteiger partial charge in [-0.1, -0.05) is 26.2 Å². The lowest BCUT2D eigenvalue weighted by molar-refractivity contribution is 0.102. The second kappa shape index (κ2) is 11.4. The number of nitrogens with one attached hydrogen (secondary N) is 1. The number of hydrogen-bond acceptors (Lipinski definition) is 6. The maximum absolute atomic E-state index is 12.8. The molecule has 2 aromatic carbocycles. The van der Waals surface area contributed by atoms with Gasteiger partial charge in [0.1, 0.15) is 5.75 Å². The largest absolute Gasteiger partial charge is 0.497 e. The Hall–Kier alpha value is -2.75. The fourth-order valence-corrected chi connectivity index (χ4v) is 5.16. The second-order valence-electron chi connectivity index (χ2n) is 7.63. The quantitative estimate of drug-likeness (QED) is 0.372. The Labute approximate surface area is 199 Å². The van der Waals surface area contributed by atoms with Crippen LogP contribution in [0.4, 0.5) is 5.13 Å². The van der Waals surface area contributed by atoms with Gasteiger partial charge in [-0.2, -0.15) is 0 Å². The van der Waals surface area contributed by atoms with Crippen LogP contribution in [0.3, 0.4) is 0 Å². The molecule has 0 fully saturated rings. The summed E-state index contributed by atoms with van der Waals surface area (Å²) in [6, 6.07) is 13.5. The van der Waals surface area contributed by atoms with Gasteiger partial charge in [0.25, 0.3) is 5.91 Å². The predicted molar refractivity (Wildman–Crippen MR) is 132 cm³/mol. The van der Waals surface area contributed by atoms with Crippen molar-refractivity contribution in [3.8, 4) is 17.0 Å². The van der Waals surface area contributed by atoms with Gasteiger partial charge in [0.2, 0.25) is 10.0 Å². The molecule has 33 heavy (non-hydrogen) atoms. The number of methoxy groups -OCH3 is 1. The molecule has 0 atom stereocenters. The Morgan fingerprint density at radius 3 is 2.39 bits per heavy atom. The molecule has 0 bridgehead atoms. The standard InChI is InChI=1S/C24H29N3O4S2/c1-4-5-6-7-16-27(2)33(29,30)21-14-10-19(11-15-21)23(28)26-24-25-22(17-32-24)18-8-12-20(31-3)13-9-18/h8-15,17H,4-7,16H2,1-3H3,(H,25,26,28). The third kappa shape index (κ3) is 6.40. The van der Waals surface area contributed by atoms with Crippen LogP contribution in [0.5, 0.6) is 5.75 Å². The van der Waals surface area contributed by atoms with Crippen LogP contribution in [-0.2, 0) is 10.0 Å². The minimum Gasteiger partial charge on any atom is -0.497 e. The molecule has 176 valence electrons. The summed E-state index contributed by atoms with van der Waals surface area (Å²) >= 11 is 1.32. The maximum atomic E-state index is 12.8. The van der Waals surface area contributed by atoms with E-state index in [1.807, 2.05) is 29.6 Å². The topological polar surface area (TPSA) is 88.6 Å². The summed E-state index contributed by atoms with van der Waals surface area (Å²) in [5.74, 6) is 0.415. The van der Waals surface area contributed by atoms with Crippen LogP contribution in [0.15, 0.2) is 58.8 Å². The first-order chi connectivity index (χ1) is 15.8. The monoisotopic (exact) mass is 487 g/mol. The van der Waals surface area contributed by atoms with Gasteiger partial charge in [-0.15, -0.1) is 11.3 Å². The number of aromatic nitrogens is 1. The number of sulfonamides is 1. The third-order valence-electron chi connectivity index (χ3n) is 5.26. The van der Waals surface area contributed by atoms with Gasteiger partial charge < -0.3 is 4.74 Å². The van der Waals surface area contributed by atoms with Crippen LogP contribution >= 0.6 is 11.3 Å². The predicted octanol–water partition coefficient (Wildman–Crippen LogP) is 5.27. The first-order valence-corrected chi connectivity index (χ1v) is 13.1. The van der Waals surface area contributed by atoms with Crippen LogP contribution in [0.1, 0.15) is 43.0 Å². The molecule has 1 heterocycles. The van der Waals surface area contributed by atoms with Gasteiger partial charge >= 0.3 is 0 Å². The average Bonchev–Trinajstić information content (AvgIpc) is 3.30. The molecule has 0 saturated carbocycles. The van der Waals surface area contributed by atoms with E-state index < -0.39 is 10.0 Å². The molecule has 0 unspecified atom stereocenters. The third-order valence-corrected chi connectivity index (χ3v) is 7.89. The fraction of sp³-hybridized carbons (Fsp3) is 0.333. The van der Waals surface area contributed by atoms with Crippen molar-refractivity contribution in [3.05, 3.63) is 59.5 Å². The number of anilines is 1. The molecule has 3 rings (SSSR count). The normalized spacial score (nSPS) is 11.5. The molecular formula is C24H29N3O4S2. The van der Waals surface area contributed by atoms with Gasteiger partial charge in [-0.3, -0.25) is 10.1 Å². The van der Waals surface area contributed by atoms with E-state index in [0.29, 0.717) is 17.2 Å². The van der Waals surface area contributed by atoms with Gasteiger partial charge in [0.05, 0.1) is 17.7 Å². The molecular weight excluding hydrogens is 458 g/mol. The highest BCUT2D eigenvalue weighted by atomic mass is 32.2. The van der Waals surface area contributed by atoms with E-state index >= 15 is 0 Å². The van der Waals surface area contributed by atoms with Gasteiger partial charge in [-0.05, 0) is 55.0 Å². The highest BCUT2D eigenvalue weighted by Gasteiger charge is 2.21. The zero-order chi connectivity index (χ0) is 23.8. The number of nitrogens with zero attached hydrogens (tertiary/aromatic N) is 2. The van der Waals surface area contributed by atoms with Crippen molar-refractivity contribution in [1.82, 2.24) is 9.29 Å². The van der Waals surface area contributed by atoms with E-state index in [1.54, 1.807) is 14.2 Å². The van der Waals surface area contributed by atoms with Crippen molar-refractivity contribution in [3.63, 3.8) is 0 Å². The van der Waals surface area contributed by atoms with E-state index in [2.05, 4.69) is 17.2 Å². The Kier molecular flexibility index (Phi) is 8.60. The molecule has 1 N–H and O–H groups in total. The first kappa shape index (κ1) is 24.9. The van der Waals surface area contributed by atoms with Crippen LogP contribution in [0.25, 0.3) is 11.3 Å². The minimum atomic E-state index is -3.58. The van der Waals surface area contributed by atoms with Crippen molar-refractivity contribution in [1.29, 1.82) is 0 Å². The van der Waals surface area contributed by atoms with Gasteiger partial charge in [-0.25, -0.2) is 17.7 Å². The molecule has 0 aliphatic rings. The Morgan fingerprint density at radius 2 is 1.76 bits per heavy atom. The van der Waals surface area contributed by atoms with Crippen molar-refractivity contribution in [2.45, 2.75) is 37.5 Å². The zero-order valence-electron chi connectivity index (χ0n) is 19.1. The smallest absolute Gasteiger partial charge is 0.257 e. The number of benzene rings is 2. The van der Waals surface area contributed by atoms with Crippen molar-refractivity contribution >= 4 is 32.4 Å². The average molecular weight is 488 g/mol. The molecule has 3 aromatic rings. The number of hydrogen-bond donors (Lipinski definition) is 1. The highest BCUT2D eigenvalue weighted by molar-refractivity contribution is 7.89. The summed E-state index contributed by atoms with van der Waals surface area (Å²) in [7, 11) is -0.378. The van der Waals surface area contributed by atoms with Crippen molar-refractivity contribution < 1.29 is 17.9 Å². The lowest BCUT2D eigenvalue weighted by Crippen LogP contribution is -2.28. The molecule has 0 aliphatic carbocycles. The maximum Gasteiger partial charge on any atom is 0.257 e. The lowest BCUT2D eigenvalue weighted by atomic mass is 10.2. The number of rotatable bonds is 11. The molecule has 9 heteroatoms. The fourth-order valence-electron chi connectivity index (χ4n) is 3.23. The Morgan fingerprint density at radius 1 is 1.06 bits per heavy atom. The molecule has 0 saturated heterocycles. The number of ether oxygens (including phenoxy) is 1. The van der Waals surface area contributed by atoms with E-state index in [9.17, 15) is 13.2 Å². The molecule has 1 amide bonds. The number of unbranched alkanes of at least 4 members (excludes halogenated alkanes) is 3. The molecule has 0 radical (unpaired) electrons. The summed E-state index contributed by atoms with van der Waals surface area (Å²) in [6.45, 7) is 2.59. The summed E-state index contributed by atoms with van der Waals surface area (Å²) in [5.41, 5.74) is 2.03. The second-order valence-corrected chi connectivity index (χ2v) is 10.5. The van der Waals surface area contributed by atoms with Crippen molar-refractivity contribution in [2.75, 3.05) is 26.0 Å². The van der Waals surface area contributed by atoms with Gasteiger partial charge in [0.15, 0.2) is 5.13 Å². The number of carbonyl (C=O) groups excluding carboxylic acids is 1. The zero-order valence-corrected chi connectivity index (χ0v) is 20.7. The van der Waals surface area contributed by atoms with Crippen LogP contribution in [-0.4, -0.2) is 44.3 Å². The van der Waals surface area contributed by atoms with E-state index in [1.165, 1.54) is 39.9 Å². The molecule has 7 nitrogen and oxygen atoms in total. The number of thiazole rings is 1. The summed E-state index contributed by atoms with van der Waals surface area (Å²) in [6.07, 6.45) is 4.03. The van der Waals surface area contributed by atoms with Crippen LogP contribution in [0, 0.1) is 0 Å². The Bertz CT molecular complexity index is 1160. The molecule has 0 spiro atoms. The molecule has 0 aliphatic heterocycles. The van der Waals surface area contributed by atoms with E-state index in [-0.39, 0.29) is 10.8 Å². The lowest BCUT2D eigenvalue weighted by Gasteiger charge is -2.17. The Balaban J connectivity index is 1.63. The number of amides is 1. The van der Waals surface area contributed by atoms with Crippen LogP contribution in [0.2, 0.25) is 0 Å². The summed E-state index contributed by atoms with van der Waals surface area (Å²) in [5, 5.41) is 5.11. The van der Waals surface area contributed by atoms with E-state index in [4.69, 9.17) is 4.74 Å². The number of carbonyl (C=O) groups is 1. The highest BCUT2D eigenvalue weighted by Crippen LogP contribution is 2.27. The van der Waals surface area contributed by atoms with E-state index in [0.717, 1.165) is 42.7 Å². The van der Waals surface area contributed by atoms with Gasteiger partial charge in [0, 0.05) is 30.1 Å².